The quantitative estimate of drug-likeness (QED) is 0.703. The van der Waals surface area contributed by atoms with Gasteiger partial charge in [-0.3, -0.25) is 9.59 Å². The van der Waals surface area contributed by atoms with Crippen LogP contribution >= 0.6 is 0 Å². The number of likely N-dealkylation sites (tertiary alicyclic amines) is 1. The van der Waals surface area contributed by atoms with Crippen LogP contribution < -0.4 is 16.2 Å². The molecule has 3 N–H and O–H groups in total. The van der Waals surface area contributed by atoms with Crippen LogP contribution in [0.2, 0.25) is 0 Å². The molecular formula is C18H29N5O3. The molecule has 0 bridgehead atoms. The SMILES string of the molecule is CCc1n[nH]c(=O)c(CNC(=O)N2CCCCC2CNC(C)=O)c1CC. The summed E-state index contributed by atoms with van der Waals surface area (Å²) in [5, 5.41) is 12.3. The van der Waals surface area contributed by atoms with Crippen molar-refractivity contribution in [3.8, 4) is 0 Å². The van der Waals surface area contributed by atoms with Gasteiger partial charge in [-0.25, -0.2) is 9.89 Å². The van der Waals surface area contributed by atoms with Crippen molar-refractivity contribution in [2.45, 2.75) is 65.5 Å². The average molecular weight is 363 g/mol. The van der Waals surface area contributed by atoms with Gasteiger partial charge in [0.25, 0.3) is 5.56 Å². The van der Waals surface area contributed by atoms with Crippen molar-refractivity contribution in [3.05, 3.63) is 27.2 Å². The fourth-order valence-electron chi connectivity index (χ4n) is 3.47. The van der Waals surface area contributed by atoms with E-state index in [0.717, 1.165) is 36.9 Å². The summed E-state index contributed by atoms with van der Waals surface area (Å²) in [6, 6.07) is -0.211. The van der Waals surface area contributed by atoms with Gasteiger partial charge in [0.05, 0.1) is 18.3 Å². The van der Waals surface area contributed by atoms with E-state index < -0.39 is 0 Å². The van der Waals surface area contributed by atoms with Crippen LogP contribution in [0.1, 0.15) is 56.9 Å². The Hall–Kier alpha value is -2.38. The van der Waals surface area contributed by atoms with Crippen LogP contribution in [0.4, 0.5) is 4.79 Å². The van der Waals surface area contributed by atoms with E-state index in [0.29, 0.717) is 25.1 Å². The highest BCUT2D eigenvalue weighted by Crippen LogP contribution is 2.17. The summed E-state index contributed by atoms with van der Waals surface area (Å²) in [4.78, 5) is 37.8. The fourth-order valence-corrected chi connectivity index (χ4v) is 3.47. The number of amides is 3. The number of aromatic nitrogens is 2. The lowest BCUT2D eigenvalue weighted by atomic mass is 10.0. The number of rotatable bonds is 6. The van der Waals surface area contributed by atoms with Gasteiger partial charge < -0.3 is 15.5 Å². The maximum atomic E-state index is 12.7. The van der Waals surface area contributed by atoms with Crippen LogP contribution in [0, 0.1) is 0 Å². The fraction of sp³-hybridized carbons (Fsp3) is 0.667. The predicted molar refractivity (Wildman–Crippen MR) is 98.9 cm³/mol. The minimum absolute atomic E-state index is 0.0137. The summed E-state index contributed by atoms with van der Waals surface area (Å²) in [6.45, 7) is 6.73. The maximum absolute atomic E-state index is 12.7. The first-order valence-corrected chi connectivity index (χ1v) is 9.36. The minimum Gasteiger partial charge on any atom is -0.354 e. The van der Waals surface area contributed by atoms with E-state index >= 15 is 0 Å². The Kier molecular flexibility index (Phi) is 7.17. The predicted octanol–water partition coefficient (Wildman–Crippen LogP) is 1.09. The summed E-state index contributed by atoms with van der Waals surface area (Å²) in [6.07, 6.45) is 4.27. The van der Waals surface area contributed by atoms with Gasteiger partial charge in [0.15, 0.2) is 0 Å². The number of carbonyl (C=O) groups excluding carboxylic acids is 2. The lowest BCUT2D eigenvalue weighted by molar-refractivity contribution is -0.119. The minimum atomic E-state index is -0.257. The van der Waals surface area contributed by atoms with Crippen LogP contribution in [0.5, 0.6) is 0 Å². The Bertz CT molecular complexity index is 701. The van der Waals surface area contributed by atoms with E-state index in [1.165, 1.54) is 6.92 Å². The number of aryl methyl sites for hydroxylation is 1. The molecule has 0 aromatic carbocycles. The van der Waals surface area contributed by atoms with Gasteiger partial charge in [-0.15, -0.1) is 0 Å². The van der Waals surface area contributed by atoms with Gasteiger partial charge in [0, 0.05) is 25.6 Å². The van der Waals surface area contributed by atoms with Crippen molar-refractivity contribution in [1.29, 1.82) is 0 Å². The monoisotopic (exact) mass is 363 g/mol. The van der Waals surface area contributed by atoms with Gasteiger partial charge in [-0.05, 0) is 37.7 Å². The molecule has 1 atom stereocenters. The zero-order valence-electron chi connectivity index (χ0n) is 15.9. The van der Waals surface area contributed by atoms with Crippen molar-refractivity contribution >= 4 is 11.9 Å². The highest BCUT2D eigenvalue weighted by Gasteiger charge is 2.27. The van der Waals surface area contributed by atoms with Gasteiger partial charge in [-0.2, -0.15) is 5.10 Å². The summed E-state index contributed by atoms with van der Waals surface area (Å²) in [5.41, 5.74) is 2.08. The zero-order valence-corrected chi connectivity index (χ0v) is 15.9. The number of hydrogen-bond donors (Lipinski definition) is 3. The second kappa shape index (κ2) is 9.35. The first-order chi connectivity index (χ1) is 12.5. The molecule has 1 aromatic heterocycles. The van der Waals surface area contributed by atoms with E-state index in [-0.39, 0.29) is 30.1 Å². The number of aromatic amines is 1. The molecule has 1 aliphatic heterocycles. The first-order valence-electron chi connectivity index (χ1n) is 9.36. The number of urea groups is 1. The highest BCUT2D eigenvalue weighted by atomic mass is 16.2. The van der Waals surface area contributed by atoms with Crippen LogP contribution in [-0.4, -0.2) is 46.2 Å². The van der Waals surface area contributed by atoms with Crippen LogP contribution in [-0.2, 0) is 24.2 Å². The largest absolute Gasteiger partial charge is 0.354 e. The van der Waals surface area contributed by atoms with Crippen molar-refractivity contribution < 1.29 is 9.59 Å². The average Bonchev–Trinajstić information content (AvgIpc) is 2.64. The van der Waals surface area contributed by atoms with Gasteiger partial charge in [0.1, 0.15) is 0 Å². The lowest BCUT2D eigenvalue weighted by Gasteiger charge is -2.35. The van der Waals surface area contributed by atoms with E-state index in [9.17, 15) is 14.4 Å². The molecule has 0 radical (unpaired) electrons. The molecule has 1 fully saturated rings. The van der Waals surface area contributed by atoms with Crippen molar-refractivity contribution in [1.82, 2.24) is 25.7 Å². The third kappa shape index (κ3) is 4.83. The normalized spacial score (nSPS) is 17.0. The Labute approximate surface area is 153 Å². The number of nitrogens with zero attached hydrogens (tertiary/aromatic N) is 2. The molecule has 144 valence electrons. The molecule has 1 saturated heterocycles. The van der Waals surface area contributed by atoms with Crippen LogP contribution in [0.15, 0.2) is 4.79 Å². The first kappa shape index (κ1) is 19.9. The Morgan fingerprint density at radius 2 is 1.96 bits per heavy atom. The molecule has 8 heteroatoms. The summed E-state index contributed by atoms with van der Waals surface area (Å²) < 4.78 is 0. The van der Waals surface area contributed by atoms with Crippen molar-refractivity contribution in [3.63, 3.8) is 0 Å². The number of piperidine rings is 1. The summed E-state index contributed by atoms with van der Waals surface area (Å²) in [5.74, 6) is -0.0982. The van der Waals surface area contributed by atoms with Crippen LogP contribution in [0.3, 0.4) is 0 Å². The summed E-state index contributed by atoms with van der Waals surface area (Å²) >= 11 is 0. The number of nitrogens with one attached hydrogen (secondary N) is 3. The second-order valence-corrected chi connectivity index (χ2v) is 6.60. The van der Waals surface area contributed by atoms with Gasteiger partial charge >= 0.3 is 6.03 Å². The van der Waals surface area contributed by atoms with Crippen molar-refractivity contribution in [2.24, 2.45) is 0 Å². The highest BCUT2D eigenvalue weighted by molar-refractivity contribution is 5.75. The van der Waals surface area contributed by atoms with Gasteiger partial charge in [0.2, 0.25) is 5.91 Å². The molecule has 2 heterocycles. The molecule has 0 saturated carbocycles. The molecule has 1 aliphatic rings. The summed E-state index contributed by atoms with van der Waals surface area (Å²) in [7, 11) is 0. The smallest absolute Gasteiger partial charge is 0.317 e. The van der Waals surface area contributed by atoms with E-state index in [1.807, 2.05) is 13.8 Å². The van der Waals surface area contributed by atoms with E-state index in [4.69, 9.17) is 0 Å². The molecule has 1 aromatic rings. The standard InChI is InChI=1S/C18H29N5O3/c1-4-14-15(17(25)22-21-16(14)5-2)11-20-18(26)23-9-7-6-8-13(23)10-19-12(3)24/h13H,4-11H2,1-3H3,(H,19,24)(H,20,26)(H,22,25). The lowest BCUT2D eigenvalue weighted by Crippen LogP contribution is -2.52. The molecule has 0 spiro atoms. The number of H-pyrrole nitrogens is 1. The zero-order chi connectivity index (χ0) is 19.1. The number of carbonyl (C=O) groups is 2. The third-order valence-corrected chi connectivity index (χ3v) is 4.86. The molecule has 2 rings (SSSR count). The molecule has 3 amide bonds. The molecule has 0 aliphatic carbocycles. The Balaban J connectivity index is 2.07. The van der Waals surface area contributed by atoms with E-state index in [1.54, 1.807) is 4.90 Å². The Morgan fingerprint density at radius 1 is 1.19 bits per heavy atom. The molecular weight excluding hydrogens is 334 g/mol. The van der Waals surface area contributed by atoms with Crippen molar-refractivity contribution in [2.75, 3.05) is 13.1 Å². The van der Waals surface area contributed by atoms with Gasteiger partial charge in [-0.1, -0.05) is 13.8 Å². The third-order valence-electron chi connectivity index (χ3n) is 4.86. The molecule has 26 heavy (non-hydrogen) atoms. The maximum Gasteiger partial charge on any atom is 0.317 e. The van der Waals surface area contributed by atoms with E-state index in [2.05, 4.69) is 20.8 Å². The van der Waals surface area contributed by atoms with Crippen LogP contribution in [0.25, 0.3) is 0 Å². The molecule has 8 nitrogen and oxygen atoms in total. The second-order valence-electron chi connectivity index (χ2n) is 6.60. The Morgan fingerprint density at radius 3 is 2.62 bits per heavy atom. The topological polar surface area (TPSA) is 107 Å². The number of hydrogen-bond acceptors (Lipinski definition) is 4. The molecule has 1 unspecified atom stereocenters.